The van der Waals surface area contributed by atoms with Gasteiger partial charge in [0.05, 0.1) is 6.54 Å². The molecule has 1 atom stereocenters. The van der Waals surface area contributed by atoms with Gasteiger partial charge < -0.3 is 14.8 Å². The van der Waals surface area contributed by atoms with Crippen LogP contribution in [-0.2, 0) is 11.3 Å². The molecule has 2 heterocycles. The van der Waals surface area contributed by atoms with Crippen LogP contribution in [0.5, 0.6) is 0 Å². The van der Waals surface area contributed by atoms with Crippen LogP contribution < -0.4 is 5.32 Å². The molecule has 5 heteroatoms. The lowest BCUT2D eigenvalue weighted by Gasteiger charge is -2.44. The molecule has 0 spiro atoms. The zero-order valence-corrected chi connectivity index (χ0v) is 17.8. The molecule has 1 aliphatic heterocycles. The van der Waals surface area contributed by atoms with Crippen LogP contribution in [0.1, 0.15) is 57.9 Å². The molecule has 0 saturated carbocycles. The van der Waals surface area contributed by atoms with E-state index in [1.54, 1.807) is 4.90 Å². The second-order valence-electron chi connectivity index (χ2n) is 9.03. The molecule has 1 aromatic carbocycles. The highest BCUT2D eigenvalue weighted by molar-refractivity contribution is 6.03. The minimum absolute atomic E-state index is 0.0513. The minimum Gasteiger partial charge on any atom is -0.354 e. The Labute approximate surface area is 168 Å². The van der Waals surface area contributed by atoms with Crippen LogP contribution in [0.4, 0.5) is 0 Å². The lowest BCUT2D eigenvalue weighted by molar-refractivity contribution is -0.132. The summed E-state index contributed by atoms with van der Waals surface area (Å²) in [6, 6.07) is 9.95. The van der Waals surface area contributed by atoms with Crippen LogP contribution in [0.15, 0.2) is 30.3 Å². The summed E-state index contributed by atoms with van der Waals surface area (Å²) in [6.07, 6.45) is 1.81. The van der Waals surface area contributed by atoms with Crippen molar-refractivity contribution < 1.29 is 9.59 Å². The molecule has 3 rings (SSSR count). The van der Waals surface area contributed by atoms with Gasteiger partial charge in [-0.25, -0.2) is 0 Å². The topological polar surface area (TPSA) is 54.3 Å². The van der Waals surface area contributed by atoms with Crippen molar-refractivity contribution in [3.05, 3.63) is 36.0 Å². The molecule has 5 nitrogen and oxygen atoms in total. The van der Waals surface area contributed by atoms with Crippen molar-refractivity contribution in [2.45, 2.75) is 59.5 Å². The van der Waals surface area contributed by atoms with Crippen LogP contribution in [-0.4, -0.2) is 39.9 Å². The molecule has 28 heavy (non-hydrogen) atoms. The molecule has 2 aromatic rings. The Morgan fingerprint density at radius 2 is 1.82 bits per heavy atom. The summed E-state index contributed by atoms with van der Waals surface area (Å²) in [5, 5.41) is 4.13. The van der Waals surface area contributed by atoms with Gasteiger partial charge in [0.25, 0.3) is 5.91 Å². The number of aromatic nitrogens is 1. The maximum Gasteiger partial charge on any atom is 0.271 e. The predicted molar refractivity (Wildman–Crippen MR) is 113 cm³/mol. The third-order valence-electron chi connectivity index (χ3n) is 5.76. The Kier molecular flexibility index (Phi) is 5.82. The predicted octanol–water partition coefficient (Wildman–Crippen LogP) is 4.06. The maximum atomic E-state index is 13.4. The first kappa shape index (κ1) is 20.4. The number of nitrogens with zero attached hydrogens (tertiary/aromatic N) is 2. The minimum atomic E-state index is -0.891. The molecular weight excluding hydrogens is 350 g/mol. The fourth-order valence-electron chi connectivity index (χ4n) is 3.91. The smallest absolute Gasteiger partial charge is 0.271 e. The SMILES string of the molecule is CC(C)CCNC(=O)[C@]1(C)Cn2c(cc3ccccc32)C(=O)N1CCC(C)C. The van der Waals surface area contributed by atoms with E-state index in [0.29, 0.717) is 37.2 Å². The van der Waals surface area contributed by atoms with Crippen LogP contribution in [0, 0.1) is 11.8 Å². The highest BCUT2D eigenvalue weighted by Crippen LogP contribution is 2.32. The normalized spacial score (nSPS) is 19.5. The van der Waals surface area contributed by atoms with Gasteiger partial charge in [-0.15, -0.1) is 0 Å². The number of fused-ring (bicyclic) bond motifs is 3. The Morgan fingerprint density at radius 3 is 2.50 bits per heavy atom. The molecule has 0 bridgehead atoms. The third-order valence-corrected chi connectivity index (χ3v) is 5.76. The highest BCUT2D eigenvalue weighted by atomic mass is 16.2. The Balaban J connectivity index is 1.97. The van der Waals surface area contributed by atoms with Crippen molar-refractivity contribution in [2.24, 2.45) is 11.8 Å². The summed E-state index contributed by atoms with van der Waals surface area (Å²) in [6.45, 7) is 12.2. The Hall–Kier alpha value is -2.30. The van der Waals surface area contributed by atoms with Gasteiger partial charge >= 0.3 is 0 Å². The van der Waals surface area contributed by atoms with Gasteiger partial charge in [-0.2, -0.15) is 0 Å². The van der Waals surface area contributed by atoms with Crippen molar-refractivity contribution in [1.29, 1.82) is 0 Å². The Morgan fingerprint density at radius 1 is 1.14 bits per heavy atom. The van der Waals surface area contributed by atoms with E-state index >= 15 is 0 Å². The number of hydrogen-bond donors (Lipinski definition) is 1. The van der Waals surface area contributed by atoms with E-state index in [2.05, 4.69) is 33.0 Å². The van der Waals surface area contributed by atoms with Crippen LogP contribution >= 0.6 is 0 Å². The third kappa shape index (κ3) is 3.80. The molecule has 1 aliphatic rings. The van der Waals surface area contributed by atoms with Gasteiger partial charge in [0.1, 0.15) is 11.2 Å². The standard InChI is InChI=1S/C23H33N3O2/c1-16(2)10-12-24-22(28)23(5)15-25-19-9-7-6-8-18(19)14-20(25)21(27)26(23)13-11-17(3)4/h6-9,14,16-17H,10-13,15H2,1-5H3,(H,24,28)/t23-/m0/s1. The lowest BCUT2D eigenvalue weighted by Crippen LogP contribution is -2.64. The average Bonchev–Trinajstić information content (AvgIpc) is 2.99. The number of benzene rings is 1. The fourth-order valence-corrected chi connectivity index (χ4v) is 3.91. The number of nitrogens with one attached hydrogen (secondary N) is 1. The van der Waals surface area contributed by atoms with Crippen LogP contribution in [0.25, 0.3) is 10.9 Å². The maximum absolute atomic E-state index is 13.4. The number of carbonyl (C=O) groups is 2. The van der Waals surface area contributed by atoms with E-state index in [-0.39, 0.29) is 11.8 Å². The largest absolute Gasteiger partial charge is 0.354 e. The molecular formula is C23H33N3O2. The molecule has 0 aliphatic carbocycles. The van der Waals surface area contributed by atoms with E-state index < -0.39 is 5.54 Å². The molecule has 0 fully saturated rings. The van der Waals surface area contributed by atoms with Gasteiger partial charge in [-0.3, -0.25) is 9.59 Å². The van der Waals surface area contributed by atoms with Gasteiger partial charge in [-0.05, 0) is 43.7 Å². The number of rotatable bonds is 7. The van der Waals surface area contributed by atoms with E-state index in [0.717, 1.165) is 23.7 Å². The summed E-state index contributed by atoms with van der Waals surface area (Å²) in [5.74, 6) is 0.880. The Bertz CT molecular complexity index is 868. The first-order valence-electron chi connectivity index (χ1n) is 10.4. The second-order valence-corrected chi connectivity index (χ2v) is 9.03. The lowest BCUT2D eigenvalue weighted by atomic mass is 9.93. The van der Waals surface area contributed by atoms with E-state index in [1.807, 2.05) is 41.8 Å². The highest BCUT2D eigenvalue weighted by Gasteiger charge is 2.47. The van der Waals surface area contributed by atoms with Gasteiger partial charge in [-0.1, -0.05) is 45.9 Å². The van der Waals surface area contributed by atoms with Crippen LogP contribution in [0.3, 0.4) is 0 Å². The van der Waals surface area contributed by atoms with E-state index in [1.165, 1.54) is 0 Å². The number of amides is 2. The number of para-hydroxylation sites is 1. The summed E-state index contributed by atoms with van der Waals surface area (Å²) in [4.78, 5) is 28.5. The average molecular weight is 384 g/mol. The van der Waals surface area contributed by atoms with E-state index in [4.69, 9.17) is 0 Å². The van der Waals surface area contributed by atoms with Gasteiger partial charge in [0, 0.05) is 24.0 Å². The summed E-state index contributed by atoms with van der Waals surface area (Å²) < 4.78 is 2.02. The quantitative estimate of drug-likeness (QED) is 0.784. The van der Waals surface area contributed by atoms with Gasteiger partial charge in [0.15, 0.2) is 0 Å². The molecule has 1 aromatic heterocycles. The second kappa shape index (κ2) is 7.98. The first-order valence-corrected chi connectivity index (χ1v) is 10.4. The molecule has 152 valence electrons. The zero-order valence-electron chi connectivity index (χ0n) is 17.8. The molecule has 0 saturated heterocycles. The molecule has 0 unspecified atom stereocenters. The number of carbonyl (C=O) groups excluding carboxylic acids is 2. The van der Waals surface area contributed by atoms with E-state index in [9.17, 15) is 9.59 Å². The van der Waals surface area contributed by atoms with Crippen molar-refractivity contribution in [3.63, 3.8) is 0 Å². The summed E-state index contributed by atoms with van der Waals surface area (Å²) in [5.41, 5.74) is 0.797. The van der Waals surface area contributed by atoms with Crippen molar-refractivity contribution in [2.75, 3.05) is 13.1 Å². The fraction of sp³-hybridized carbons (Fsp3) is 0.565. The summed E-state index contributed by atoms with van der Waals surface area (Å²) in [7, 11) is 0. The zero-order chi connectivity index (χ0) is 20.5. The molecule has 0 radical (unpaired) electrons. The molecule has 1 N–H and O–H groups in total. The van der Waals surface area contributed by atoms with Gasteiger partial charge in [0.2, 0.25) is 5.91 Å². The first-order chi connectivity index (χ1) is 13.2. The van der Waals surface area contributed by atoms with Crippen molar-refractivity contribution in [3.8, 4) is 0 Å². The van der Waals surface area contributed by atoms with Crippen LogP contribution in [0.2, 0.25) is 0 Å². The molecule has 2 amide bonds. The summed E-state index contributed by atoms with van der Waals surface area (Å²) >= 11 is 0. The monoisotopic (exact) mass is 383 g/mol. The van der Waals surface area contributed by atoms with Crippen molar-refractivity contribution in [1.82, 2.24) is 14.8 Å². The van der Waals surface area contributed by atoms with Crippen molar-refractivity contribution >= 4 is 22.7 Å². The number of hydrogen-bond acceptors (Lipinski definition) is 2.